The Bertz CT molecular complexity index is 826. The molecule has 1 aliphatic heterocycles. The summed E-state index contributed by atoms with van der Waals surface area (Å²) in [5, 5.41) is 7.86. The fraction of sp³-hybridized carbons (Fsp3) is 0.643. The highest BCUT2D eigenvalue weighted by Crippen LogP contribution is 2.39. The molecule has 24 heavy (non-hydrogen) atoms. The van der Waals surface area contributed by atoms with Gasteiger partial charge in [0.2, 0.25) is 10.0 Å². The third-order valence-corrected chi connectivity index (χ3v) is 5.65. The zero-order valence-electron chi connectivity index (χ0n) is 13.3. The topological polar surface area (TPSA) is 112 Å². The van der Waals surface area contributed by atoms with Crippen molar-refractivity contribution in [3.8, 4) is 0 Å². The molecule has 1 saturated carbocycles. The first kappa shape index (κ1) is 15.7. The molecule has 1 saturated heterocycles. The summed E-state index contributed by atoms with van der Waals surface area (Å²) in [7, 11) is -1.90. The van der Waals surface area contributed by atoms with Crippen LogP contribution < -0.4 is 4.72 Å². The summed E-state index contributed by atoms with van der Waals surface area (Å²) in [4.78, 5) is 4.54. The Labute approximate surface area is 139 Å². The highest BCUT2D eigenvalue weighted by atomic mass is 32.2. The predicted octanol–water partition coefficient (Wildman–Crippen LogP) is 0.879. The van der Waals surface area contributed by atoms with Crippen LogP contribution in [0.1, 0.15) is 49.4 Å². The molecule has 1 aliphatic carbocycles. The molecule has 2 atom stereocenters. The molecule has 1 N–H and O–H groups in total. The van der Waals surface area contributed by atoms with E-state index in [-0.39, 0.29) is 23.6 Å². The van der Waals surface area contributed by atoms with Crippen LogP contribution >= 0.6 is 0 Å². The summed E-state index contributed by atoms with van der Waals surface area (Å²) in [5.74, 6) is 1.69. The Hall–Kier alpha value is -1.78. The van der Waals surface area contributed by atoms with Gasteiger partial charge in [-0.15, -0.1) is 0 Å². The van der Waals surface area contributed by atoms with Gasteiger partial charge in [0.05, 0.1) is 12.3 Å². The average Bonchev–Trinajstić information content (AvgIpc) is 2.97. The summed E-state index contributed by atoms with van der Waals surface area (Å²) in [5.41, 5.74) is 0. The number of nitrogens with zero attached hydrogens (tertiary/aromatic N) is 4. The Balaban J connectivity index is 1.33. The van der Waals surface area contributed by atoms with E-state index in [9.17, 15) is 8.42 Å². The number of rotatable bonds is 6. The Morgan fingerprint density at radius 3 is 2.88 bits per heavy atom. The maximum atomic E-state index is 12.2. The maximum Gasteiger partial charge on any atom is 0.255 e. The van der Waals surface area contributed by atoms with Gasteiger partial charge in [-0.2, -0.15) is 10.1 Å². The minimum absolute atomic E-state index is 0.144. The van der Waals surface area contributed by atoms with Gasteiger partial charge in [0.15, 0.2) is 5.82 Å². The van der Waals surface area contributed by atoms with Gasteiger partial charge < -0.3 is 9.26 Å². The van der Waals surface area contributed by atoms with Crippen molar-refractivity contribution < 1.29 is 17.7 Å². The van der Waals surface area contributed by atoms with Crippen molar-refractivity contribution in [3.05, 3.63) is 24.1 Å². The number of nitrogens with one attached hydrogen (secondary N) is 1. The van der Waals surface area contributed by atoms with Crippen LogP contribution in [-0.2, 0) is 21.8 Å². The SMILES string of the molecule is Cn1cc(S(=O)(=O)NC[C@H]2CC[C@@H](c3nc(C4CC4)no3)O2)cn1. The first-order chi connectivity index (χ1) is 11.5. The van der Waals surface area contributed by atoms with E-state index in [1.54, 1.807) is 7.05 Å². The lowest BCUT2D eigenvalue weighted by Crippen LogP contribution is -2.31. The molecule has 2 aromatic heterocycles. The maximum absolute atomic E-state index is 12.2. The highest BCUT2D eigenvalue weighted by Gasteiger charge is 2.34. The molecule has 2 aromatic rings. The molecule has 0 amide bonds. The number of hydrogen-bond donors (Lipinski definition) is 1. The molecule has 4 rings (SSSR count). The van der Waals surface area contributed by atoms with Gasteiger partial charge in [-0.1, -0.05) is 5.16 Å². The van der Waals surface area contributed by atoms with Crippen LogP contribution in [0.25, 0.3) is 0 Å². The highest BCUT2D eigenvalue weighted by molar-refractivity contribution is 7.89. The standard InChI is InChI=1S/C14H19N5O4S/c1-19-8-11(7-15-19)24(20,21)16-6-10-4-5-12(22-10)14-17-13(18-23-14)9-2-3-9/h7-10,12,16H,2-6H2,1H3/t10-,12+/m1/s1. The summed E-state index contributed by atoms with van der Waals surface area (Å²) in [6.45, 7) is 0.206. The largest absolute Gasteiger partial charge is 0.364 e. The molecule has 0 bridgehead atoms. The van der Waals surface area contributed by atoms with Gasteiger partial charge in [0.1, 0.15) is 11.0 Å². The lowest BCUT2D eigenvalue weighted by atomic mass is 10.2. The van der Waals surface area contributed by atoms with Crippen molar-refractivity contribution in [1.82, 2.24) is 24.6 Å². The average molecular weight is 353 g/mol. The molecule has 9 nitrogen and oxygen atoms in total. The monoisotopic (exact) mass is 353 g/mol. The first-order valence-corrected chi connectivity index (χ1v) is 9.47. The van der Waals surface area contributed by atoms with Crippen LogP contribution in [0, 0.1) is 0 Å². The summed E-state index contributed by atoms with van der Waals surface area (Å²) < 4.78 is 39.5. The smallest absolute Gasteiger partial charge is 0.255 e. The van der Waals surface area contributed by atoms with E-state index in [0.29, 0.717) is 11.8 Å². The van der Waals surface area contributed by atoms with Crippen molar-refractivity contribution in [3.63, 3.8) is 0 Å². The second-order valence-electron chi connectivity index (χ2n) is 6.29. The Morgan fingerprint density at radius 2 is 2.17 bits per heavy atom. The number of ether oxygens (including phenoxy) is 1. The molecule has 0 unspecified atom stereocenters. The van der Waals surface area contributed by atoms with Crippen LogP contribution in [-0.4, -0.2) is 41.0 Å². The molecule has 0 spiro atoms. The summed E-state index contributed by atoms with van der Waals surface area (Å²) in [6, 6.07) is 0. The van der Waals surface area contributed by atoms with Gasteiger partial charge in [-0.25, -0.2) is 13.1 Å². The van der Waals surface area contributed by atoms with Gasteiger partial charge in [0.25, 0.3) is 5.89 Å². The first-order valence-electron chi connectivity index (χ1n) is 7.98. The van der Waals surface area contributed by atoms with Crippen molar-refractivity contribution in [1.29, 1.82) is 0 Å². The van der Waals surface area contributed by atoms with Crippen molar-refractivity contribution >= 4 is 10.0 Å². The van der Waals surface area contributed by atoms with E-state index in [4.69, 9.17) is 9.26 Å². The molecule has 0 aromatic carbocycles. The molecular formula is C14H19N5O4S. The molecule has 2 fully saturated rings. The minimum atomic E-state index is -3.57. The van der Waals surface area contributed by atoms with Crippen molar-refractivity contribution in [2.24, 2.45) is 7.05 Å². The minimum Gasteiger partial charge on any atom is -0.364 e. The quantitative estimate of drug-likeness (QED) is 0.820. The molecular weight excluding hydrogens is 334 g/mol. The van der Waals surface area contributed by atoms with E-state index in [2.05, 4.69) is 20.0 Å². The third-order valence-electron chi connectivity index (χ3n) is 4.28. The van der Waals surface area contributed by atoms with E-state index in [1.165, 1.54) is 17.1 Å². The fourth-order valence-corrected chi connectivity index (χ4v) is 3.80. The summed E-state index contributed by atoms with van der Waals surface area (Å²) >= 11 is 0. The zero-order chi connectivity index (χ0) is 16.7. The molecule has 2 aliphatic rings. The third kappa shape index (κ3) is 3.21. The van der Waals surface area contributed by atoms with E-state index in [0.717, 1.165) is 31.5 Å². The second kappa shape index (κ2) is 5.94. The van der Waals surface area contributed by atoms with E-state index >= 15 is 0 Å². The lowest BCUT2D eigenvalue weighted by Gasteiger charge is -2.12. The molecule has 10 heteroatoms. The number of hydrogen-bond acceptors (Lipinski definition) is 7. The number of sulfonamides is 1. The predicted molar refractivity (Wildman–Crippen MR) is 81.5 cm³/mol. The van der Waals surface area contributed by atoms with Gasteiger partial charge in [0, 0.05) is 25.7 Å². The van der Waals surface area contributed by atoms with Gasteiger partial charge >= 0.3 is 0 Å². The van der Waals surface area contributed by atoms with Gasteiger partial charge in [-0.05, 0) is 25.7 Å². The van der Waals surface area contributed by atoms with Crippen LogP contribution in [0.5, 0.6) is 0 Å². The van der Waals surface area contributed by atoms with Crippen molar-refractivity contribution in [2.45, 2.75) is 48.7 Å². The zero-order valence-corrected chi connectivity index (χ0v) is 14.1. The van der Waals surface area contributed by atoms with Gasteiger partial charge in [-0.3, -0.25) is 4.68 Å². The van der Waals surface area contributed by atoms with E-state index in [1.807, 2.05) is 0 Å². The molecule has 3 heterocycles. The molecule has 130 valence electrons. The summed E-state index contributed by atoms with van der Waals surface area (Å²) in [6.07, 6.45) is 6.02. The Kier molecular flexibility index (Phi) is 3.89. The van der Waals surface area contributed by atoms with Crippen LogP contribution in [0.4, 0.5) is 0 Å². The van der Waals surface area contributed by atoms with Crippen molar-refractivity contribution in [2.75, 3.05) is 6.54 Å². The van der Waals surface area contributed by atoms with E-state index < -0.39 is 10.0 Å². The van der Waals surface area contributed by atoms with Crippen LogP contribution in [0.3, 0.4) is 0 Å². The van der Waals surface area contributed by atoms with Crippen LogP contribution in [0.15, 0.2) is 21.8 Å². The number of aryl methyl sites for hydroxylation is 1. The molecule has 0 radical (unpaired) electrons. The number of aromatic nitrogens is 4. The lowest BCUT2D eigenvalue weighted by molar-refractivity contribution is 0.0290. The van der Waals surface area contributed by atoms with Crippen LogP contribution in [0.2, 0.25) is 0 Å². The normalized spacial score (nSPS) is 24.5. The Morgan fingerprint density at radius 1 is 1.33 bits per heavy atom. The second-order valence-corrected chi connectivity index (χ2v) is 8.06. The fourth-order valence-electron chi connectivity index (χ4n) is 2.75.